The number of aliphatic hydroxyl groups excluding tert-OH is 2. The summed E-state index contributed by atoms with van der Waals surface area (Å²) in [5, 5.41) is 33.0. The first kappa shape index (κ1) is 63.9. The number of ether oxygens (including phenoxy) is 7. The number of halogens is 3. The molecule has 0 radical (unpaired) electrons. The van der Waals surface area contributed by atoms with Crippen LogP contribution in [-0.2, 0) is 57.1 Å². The van der Waals surface area contributed by atoms with Gasteiger partial charge in [0.1, 0.15) is 36.7 Å². The zero-order chi connectivity index (χ0) is 55.6. The van der Waals surface area contributed by atoms with E-state index in [1.54, 1.807) is 72.1 Å². The van der Waals surface area contributed by atoms with Crippen LogP contribution in [0.3, 0.4) is 0 Å². The van der Waals surface area contributed by atoms with Gasteiger partial charge in [0, 0.05) is 51.4 Å². The Hall–Kier alpha value is -3.66. The second-order valence-electron chi connectivity index (χ2n) is 21.5. The number of cyclic esters (lactones) is 1. The molecule has 15 atom stereocenters. The Kier molecular flexibility index (Phi) is 26.0. The van der Waals surface area contributed by atoms with E-state index in [1.165, 1.54) is 7.11 Å². The van der Waals surface area contributed by atoms with E-state index in [0.717, 1.165) is 11.3 Å². The molecule has 426 valence electrons. The molecule has 4 aliphatic rings. The van der Waals surface area contributed by atoms with Crippen LogP contribution in [0.2, 0.25) is 0 Å². The Bertz CT molecular complexity index is 1990. The highest BCUT2D eigenvalue weighted by molar-refractivity contribution is 6.39. The molecule has 2 saturated heterocycles. The van der Waals surface area contributed by atoms with Crippen molar-refractivity contribution in [1.29, 1.82) is 0 Å². The summed E-state index contributed by atoms with van der Waals surface area (Å²) in [6.45, 7) is 10.2. The number of methoxy groups -OCH3 is 2. The summed E-state index contributed by atoms with van der Waals surface area (Å²) < 4.78 is 79.0. The maximum atomic E-state index is 14.5. The average molecular weight is 1070 g/mol. The third-order valence-electron chi connectivity index (χ3n) is 15.4. The van der Waals surface area contributed by atoms with Gasteiger partial charge in [-0.1, -0.05) is 71.1 Å². The first-order valence-corrected chi connectivity index (χ1v) is 26.9. The predicted molar refractivity (Wildman–Crippen MR) is 272 cm³/mol. The van der Waals surface area contributed by atoms with Crippen LogP contribution < -0.4 is 0 Å². The number of piperidine rings is 1. The first-order chi connectivity index (χ1) is 35.4. The van der Waals surface area contributed by atoms with Crippen LogP contribution >= 0.6 is 0 Å². The van der Waals surface area contributed by atoms with Gasteiger partial charge in [-0.05, 0) is 107 Å². The summed E-state index contributed by atoms with van der Waals surface area (Å²) in [5.74, 6) is -8.98. The third kappa shape index (κ3) is 19.0. The summed E-state index contributed by atoms with van der Waals surface area (Å²) in [6, 6.07) is -1.23. The van der Waals surface area contributed by atoms with Crippen LogP contribution in [0.25, 0.3) is 0 Å². The number of fused-ring (bicyclic) bond motifs is 3. The van der Waals surface area contributed by atoms with E-state index in [4.69, 9.17) is 33.2 Å². The van der Waals surface area contributed by atoms with Gasteiger partial charge >= 0.3 is 12.1 Å². The van der Waals surface area contributed by atoms with Crippen LogP contribution in [0.1, 0.15) is 126 Å². The minimum Gasteiger partial charge on any atom is -0.460 e. The number of rotatable bonds is 13. The fourth-order valence-corrected chi connectivity index (χ4v) is 10.8. The van der Waals surface area contributed by atoms with Gasteiger partial charge in [0.25, 0.3) is 11.7 Å². The van der Waals surface area contributed by atoms with E-state index in [2.05, 4.69) is 0 Å². The van der Waals surface area contributed by atoms with Crippen molar-refractivity contribution in [3.05, 3.63) is 47.6 Å². The van der Waals surface area contributed by atoms with Gasteiger partial charge in [-0.2, -0.15) is 13.2 Å². The largest absolute Gasteiger partial charge is 0.460 e. The Morgan fingerprint density at radius 1 is 0.853 bits per heavy atom. The molecule has 0 spiro atoms. The van der Waals surface area contributed by atoms with Crippen molar-refractivity contribution >= 4 is 29.2 Å². The van der Waals surface area contributed by atoms with Gasteiger partial charge in [-0.15, -0.1) is 0 Å². The lowest BCUT2D eigenvalue weighted by Crippen LogP contribution is -2.61. The standard InChI is InChI=1S/C56H86F3NO15/c1-34-15-11-10-12-16-35(2)46(73-26-25-71-33-55(57,58)59)31-42-20-18-40(7)56(68,75-42)52(65)53(66)60-22-14-13-17-43(60)54(67)74-47(37(4)29-41-19-21-45(72-24-23-61)48(30-41)69-8)32-44(62)36(3)28-39(6)50(64)51(70-9)49(63)38(5)27-34/h10-12,15-16,28,34,36-38,40-43,45-48,50-51,61,64,68H,13-14,17-27,29-33H2,1-9H3/b12-10+,15-11-,35-16+,39-28+/t34-,36-,37-,38-,40-,41+,42+,43+,45-,46?,47+,48-,50-,51+,56-/m1/s1. The summed E-state index contributed by atoms with van der Waals surface area (Å²) in [5.41, 5.74) is 0.982. The molecule has 3 fully saturated rings. The van der Waals surface area contributed by atoms with Crippen molar-refractivity contribution in [2.45, 2.75) is 186 Å². The van der Waals surface area contributed by atoms with Crippen LogP contribution in [-0.4, -0.2) is 164 Å². The highest BCUT2D eigenvalue weighted by Gasteiger charge is 2.53. The molecule has 1 aliphatic carbocycles. The quantitative estimate of drug-likeness (QED) is 0.0723. The van der Waals surface area contributed by atoms with Crippen LogP contribution in [0, 0.1) is 35.5 Å². The summed E-state index contributed by atoms with van der Waals surface area (Å²) in [6.07, 6.45) is 4.90. The van der Waals surface area contributed by atoms with Crippen molar-refractivity contribution in [1.82, 2.24) is 4.90 Å². The lowest BCUT2D eigenvalue weighted by Gasteiger charge is -2.43. The topological polar surface area (TPSA) is 214 Å². The number of ketones is 3. The number of alkyl halides is 3. The summed E-state index contributed by atoms with van der Waals surface area (Å²) in [7, 11) is 2.94. The third-order valence-corrected chi connectivity index (χ3v) is 15.4. The molecular weight excluding hydrogens is 984 g/mol. The molecular formula is C56H86F3NO15. The molecule has 1 amide bonds. The van der Waals surface area contributed by atoms with Gasteiger partial charge in [-0.25, -0.2) is 4.79 Å². The Morgan fingerprint density at radius 3 is 2.27 bits per heavy atom. The molecule has 0 aromatic heterocycles. The molecule has 1 unspecified atom stereocenters. The van der Waals surface area contributed by atoms with Crippen LogP contribution in [0.5, 0.6) is 0 Å². The molecule has 1 saturated carbocycles. The van der Waals surface area contributed by atoms with E-state index >= 15 is 0 Å². The number of aliphatic hydroxyl groups is 3. The van der Waals surface area contributed by atoms with Gasteiger partial charge in [0.2, 0.25) is 5.79 Å². The number of esters is 1. The smallest absolute Gasteiger partial charge is 0.411 e. The molecule has 75 heavy (non-hydrogen) atoms. The van der Waals surface area contributed by atoms with E-state index in [9.17, 15) is 52.5 Å². The number of nitrogens with zero attached hydrogens (tertiary/aromatic N) is 1. The average Bonchev–Trinajstić information content (AvgIpc) is 3.37. The minimum absolute atomic E-state index is 0.00247. The van der Waals surface area contributed by atoms with Crippen molar-refractivity contribution in [2.75, 3.05) is 53.8 Å². The lowest BCUT2D eigenvalue weighted by atomic mass is 9.78. The van der Waals surface area contributed by atoms with Crippen LogP contribution in [0.15, 0.2) is 47.6 Å². The predicted octanol–water partition coefficient (Wildman–Crippen LogP) is 7.15. The zero-order valence-electron chi connectivity index (χ0n) is 45.6. The number of hydrogen-bond donors (Lipinski definition) is 3. The number of hydrogen-bond acceptors (Lipinski definition) is 15. The molecule has 16 nitrogen and oxygen atoms in total. The number of carbonyl (C=O) groups excluding carboxylic acids is 5. The number of amides is 1. The number of allylic oxidation sites excluding steroid dienone is 6. The molecule has 0 aromatic carbocycles. The molecule has 0 aromatic rings. The van der Waals surface area contributed by atoms with Gasteiger partial charge < -0.3 is 53.4 Å². The van der Waals surface area contributed by atoms with Crippen molar-refractivity contribution < 1.29 is 85.6 Å². The fourth-order valence-electron chi connectivity index (χ4n) is 10.8. The first-order valence-electron chi connectivity index (χ1n) is 26.9. The van der Waals surface area contributed by atoms with Crippen molar-refractivity contribution in [3.8, 4) is 0 Å². The lowest BCUT2D eigenvalue weighted by molar-refractivity contribution is -0.266. The fraction of sp³-hybridized carbons (Fsp3) is 0.768. The van der Waals surface area contributed by atoms with Gasteiger partial charge in [0.15, 0.2) is 5.78 Å². The Morgan fingerprint density at radius 2 is 1.59 bits per heavy atom. The normalized spacial score (nSPS) is 36.9. The van der Waals surface area contributed by atoms with Crippen molar-refractivity contribution in [2.24, 2.45) is 35.5 Å². The summed E-state index contributed by atoms with van der Waals surface area (Å²) >= 11 is 0. The zero-order valence-corrected chi connectivity index (χ0v) is 45.6. The van der Waals surface area contributed by atoms with E-state index in [1.807, 2.05) is 19.9 Å². The second kappa shape index (κ2) is 30.5. The maximum absolute atomic E-state index is 14.5. The molecule has 4 rings (SSSR count). The van der Waals surface area contributed by atoms with Gasteiger partial charge in [0.05, 0.1) is 50.8 Å². The molecule has 2 bridgehead atoms. The highest BCUT2D eigenvalue weighted by atomic mass is 19.4. The number of carbonyl (C=O) groups is 5. The molecule has 19 heteroatoms. The highest BCUT2D eigenvalue weighted by Crippen LogP contribution is 2.38. The van der Waals surface area contributed by atoms with E-state index in [0.29, 0.717) is 56.1 Å². The van der Waals surface area contributed by atoms with E-state index in [-0.39, 0.29) is 94.3 Å². The molecule has 3 aliphatic heterocycles. The molecule has 3 heterocycles. The Balaban J connectivity index is 1.71. The van der Waals surface area contributed by atoms with Crippen molar-refractivity contribution in [3.63, 3.8) is 0 Å². The minimum atomic E-state index is -4.53. The van der Waals surface area contributed by atoms with E-state index < -0.39 is 96.5 Å². The molecule has 3 N–H and O–H groups in total. The summed E-state index contributed by atoms with van der Waals surface area (Å²) in [4.78, 5) is 72.5. The van der Waals surface area contributed by atoms with Crippen LogP contribution in [0.4, 0.5) is 13.2 Å². The second-order valence-corrected chi connectivity index (χ2v) is 21.5. The SMILES string of the molecule is CO[C@@H]1C[C@H](C[C@@H](C)[C@@H]2CC(=O)[C@H](C)/C=C(\C)[C@@H](O)[C@@H](OC)C(=O)[C@H](C)C[C@H](C)\C=C/C=C/C=C(\C)C(OCCOCC(F)(F)F)C[C@@H]3CC[C@@H](C)[C@@](O)(O3)C(=O)C(=O)N3CCCC[C@H]3C(=O)O2)CC[C@H]1OCCO. The maximum Gasteiger partial charge on any atom is 0.411 e. The van der Waals surface area contributed by atoms with Gasteiger partial charge in [-0.3, -0.25) is 19.2 Å². The monoisotopic (exact) mass is 1070 g/mol. The number of Topliss-reactive ketones (excluding diaryl/α,β-unsaturated/α-hetero) is 3. The Labute approximate surface area is 441 Å².